The van der Waals surface area contributed by atoms with Gasteiger partial charge in [-0.3, -0.25) is 9.59 Å². The molecule has 7 nitrogen and oxygen atoms in total. The molecule has 0 radical (unpaired) electrons. The van der Waals surface area contributed by atoms with Crippen LogP contribution in [0.25, 0.3) is 0 Å². The number of nitrogens with one attached hydrogen (secondary N) is 2. The number of halogens is 6. The quantitative estimate of drug-likeness (QED) is 0.0910. The third-order valence-electron chi connectivity index (χ3n) is 6.95. The Labute approximate surface area is 310 Å². The molecule has 0 fully saturated rings. The maximum Gasteiger partial charge on any atom is 0.317 e. The zero-order valence-corrected chi connectivity index (χ0v) is 31.5. The van der Waals surface area contributed by atoms with E-state index in [9.17, 15) is 14.0 Å². The first-order chi connectivity index (χ1) is 23.0. The summed E-state index contributed by atoms with van der Waals surface area (Å²) in [5.74, 6) is -1.05. The zero-order chi connectivity index (χ0) is 34.8. The number of benzene rings is 4. The Morgan fingerprint density at radius 2 is 1.31 bits per heavy atom. The van der Waals surface area contributed by atoms with E-state index in [0.717, 1.165) is 17.8 Å². The first-order valence-corrected chi connectivity index (χ1v) is 17.7. The van der Waals surface area contributed by atoms with Gasteiger partial charge in [0, 0.05) is 24.2 Å². The van der Waals surface area contributed by atoms with Crippen LogP contribution in [0.15, 0.2) is 69.6 Å². The second kappa shape index (κ2) is 18.1. The molecule has 0 atom stereocenters. The minimum atomic E-state index is -0.716. The summed E-state index contributed by atoms with van der Waals surface area (Å²) in [6.07, 6.45) is 0.00831. The molecule has 48 heavy (non-hydrogen) atoms. The highest BCUT2D eigenvalue weighted by atomic mass is 79.9. The fourth-order valence-corrected chi connectivity index (χ4v) is 7.11. The number of aryl methyl sites for hydroxylation is 1. The second-order valence-electron chi connectivity index (χ2n) is 10.5. The van der Waals surface area contributed by atoms with Gasteiger partial charge in [-0.15, -0.1) is 0 Å². The van der Waals surface area contributed by atoms with Crippen molar-refractivity contribution in [3.8, 4) is 11.5 Å². The van der Waals surface area contributed by atoms with E-state index >= 15 is 0 Å². The van der Waals surface area contributed by atoms with Crippen molar-refractivity contribution in [1.82, 2.24) is 0 Å². The number of carbonyl (C=O) groups excluding carboxylic acids is 2. The molecule has 0 unspecified atom stereocenters. The number of rotatable bonds is 15. The molecule has 0 spiro atoms. The summed E-state index contributed by atoms with van der Waals surface area (Å²) in [5, 5.41) is 7.27. The van der Waals surface area contributed by atoms with E-state index in [1.807, 2.05) is 32.0 Å². The molecule has 4 aromatic rings. The third-order valence-corrected chi connectivity index (χ3v) is 9.13. The fraction of sp³-hybridized carbons (Fsp3) is 0.257. The molecule has 0 aromatic heterocycles. The van der Waals surface area contributed by atoms with Crippen LogP contribution in [0.3, 0.4) is 0 Å². The van der Waals surface area contributed by atoms with Gasteiger partial charge in [-0.25, -0.2) is 4.39 Å². The van der Waals surface area contributed by atoms with Crippen molar-refractivity contribution in [1.29, 1.82) is 0 Å². The molecular weight excluding hydrogens is 814 g/mol. The predicted octanol–water partition coefficient (Wildman–Crippen LogP) is 10.6. The van der Waals surface area contributed by atoms with Crippen molar-refractivity contribution in [3.05, 3.63) is 113 Å². The Kier molecular flexibility index (Phi) is 14.3. The summed E-state index contributed by atoms with van der Waals surface area (Å²) in [6, 6.07) is 17.3. The number of ether oxygens (including phenoxy) is 3. The van der Waals surface area contributed by atoms with Crippen molar-refractivity contribution in [2.24, 2.45) is 0 Å². The van der Waals surface area contributed by atoms with Crippen molar-refractivity contribution in [2.45, 2.75) is 46.3 Å². The summed E-state index contributed by atoms with van der Waals surface area (Å²) in [6.45, 7) is 5.33. The van der Waals surface area contributed by atoms with Crippen molar-refractivity contribution >= 4 is 90.0 Å². The van der Waals surface area contributed by atoms with Crippen LogP contribution in [0, 0.1) is 5.82 Å². The summed E-state index contributed by atoms with van der Waals surface area (Å²) in [5.41, 5.74) is 3.60. The lowest BCUT2D eigenvalue weighted by atomic mass is 10.1. The fourth-order valence-electron chi connectivity index (χ4n) is 4.71. The molecule has 0 aliphatic rings. The van der Waals surface area contributed by atoms with E-state index in [1.165, 1.54) is 0 Å². The van der Waals surface area contributed by atoms with E-state index in [2.05, 4.69) is 42.5 Å². The van der Waals surface area contributed by atoms with Gasteiger partial charge in [0.2, 0.25) is 0 Å². The van der Waals surface area contributed by atoms with E-state index in [1.54, 1.807) is 42.5 Å². The minimum absolute atomic E-state index is 0.00923. The predicted molar refractivity (Wildman–Crippen MR) is 196 cm³/mol. The molecule has 2 N–H and O–H groups in total. The molecule has 0 aliphatic heterocycles. The van der Waals surface area contributed by atoms with Gasteiger partial charge in [-0.05, 0) is 99.7 Å². The van der Waals surface area contributed by atoms with E-state index < -0.39 is 11.9 Å². The van der Waals surface area contributed by atoms with Crippen LogP contribution in [-0.2, 0) is 40.4 Å². The van der Waals surface area contributed by atoms with Crippen molar-refractivity contribution in [2.75, 3.05) is 23.7 Å². The monoisotopic (exact) mass is 842 g/mol. The normalized spacial score (nSPS) is 10.8. The molecule has 0 amide bonds. The SMILES string of the molecule is CCNc1cccc(COc2c(Br)cc(CC(=O)OC(=O)CCc3cc(Cl)c(OCc4cccc(NCC)c4Cl)c(Cl)c3)cc2Br)c1F. The van der Waals surface area contributed by atoms with Gasteiger partial charge < -0.3 is 24.8 Å². The lowest BCUT2D eigenvalue weighted by Gasteiger charge is -2.14. The Hall–Kier alpha value is -3.02. The lowest BCUT2D eigenvalue weighted by molar-refractivity contribution is -0.159. The van der Waals surface area contributed by atoms with E-state index in [4.69, 9.17) is 49.0 Å². The van der Waals surface area contributed by atoms with Gasteiger partial charge >= 0.3 is 11.9 Å². The smallest absolute Gasteiger partial charge is 0.317 e. The van der Waals surface area contributed by atoms with Crippen molar-refractivity contribution < 1.29 is 28.2 Å². The second-order valence-corrected chi connectivity index (χ2v) is 13.4. The average molecular weight is 846 g/mol. The Bertz CT molecular complexity index is 1750. The van der Waals surface area contributed by atoms with E-state index in [0.29, 0.717) is 54.4 Å². The van der Waals surface area contributed by atoms with Gasteiger partial charge in [0.05, 0.1) is 48.2 Å². The largest absolute Gasteiger partial charge is 0.486 e. The molecule has 0 aliphatic carbocycles. The summed E-state index contributed by atoms with van der Waals surface area (Å²) < 4.78 is 32.6. The van der Waals surface area contributed by atoms with Crippen LogP contribution in [0.2, 0.25) is 15.1 Å². The zero-order valence-electron chi connectivity index (χ0n) is 26.0. The van der Waals surface area contributed by atoms with Crippen molar-refractivity contribution in [3.63, 3.8) is 0 Å². The molecule has 0 saturated heterocycles. The molecule has 254 valence electrons. The van der Waals surface area contributed by atoms with Crippen LogP contribution in [0.1, 0.15) is 42.5 Å². The standard InChI is InChI=1S/C35H32Br2Cl3FN2O5/c1-3-42-28-9-5-7-22(32(28)40)18-47-35-26(38)15-20(16-27(35)39)11-12-30(44)48-31(45)17-21-13-24(36)34(25(37)14-21)46-19-23-8-6-10-29(33(23)41)43-4-2/h5-10,13-16,42-43H,3-4,11-12,17-19H2,1-2H3. The van der Waals surface area contributed by atoms with Gasteiger partial charge in [0.1, 0.15) is 19.0 Å². The average Bonchev–Trinajstić information content (AvgIpc) is 3.02. The van der Waals surface area contributed by atoms with Crippen LogP contribution in [0.4, 0.5) is 15.8 Å². The third kappa shape index (κ3) is 10.2. The maximum atomic E-state index is 14.7. The summed E-state index contributed by atoms with van der Waals surface area (Å²) in [4.78, 5) is 25.1. The van der Waals surface area contributed by atoms with E-state index in [-0.39, 0.29) is 48.3 Å². The van der Waals surface area contributed by atoms with Gasteiger partial charge in [-0.2, -0.15) is 0 Å². The number of hydrogen-bond acceptors (Lipinski definition) is 7. The summed E-state index contributed by atoms with van der Waals surface area (Å²) >= 11 is 26.3. The van der Waals surface area contributed by atoms with Crippen LogP contribution >= 0.6 is 66.7 Å². The molecule has 0 bridgehead atoms. The molecule has 4 rings (SSSR count). The topological polar surface area (TPSA) is 85.9 Å². The Morgan fingerprint density at radius 3 is 1.96 bits per heavy atom. The molecule has 13 heteroatoms. The number of anilines is 2. The molecule has 0 heterocycles. The highest BCUT2D eigenvalue weighted by Gasteiger charge is 2.18. The first kappa shape index (κ1) is 37.8. The number of hydrogen-bond donors (Lipinski definition) is 2. The molecule has 4 aromatic carbocycles. The van der Waals surface area contributed by atoms with Gasteiger partial charge in [-0.1, -0.05) is 59.1 Å². The Balaban J connectivity index is 1.28. The highest BCUT2D eigenvalue weighted by molar-refractivity contribution is 9.11. The highest BCUT2D eigenvalue weighted by Crippen LogP contribution is 2.37. The summed E-state index contributed by atoms with van der Waals surface area (Å²) in [7, 11) is 0. The molecule has 0 saturated carbocycles. The molecular formula is C35H32Br2Cl3FN2O5. The number of carbonyl (C=O) groups is 2. The number of esters is 2. The van der Waals surface area contributed by atoms with Crippen LogP contribution < -0.4 is 20.1 Å². The maximum absolute atomic E-state index is 14.7. The minimum Gasteiger partial charge on any atom is -0.486 e. The Morgan fingerprint density at radius 1 is 0.750 bits per heavy atom. The first-order valence-electron chi connectivity index (χ1n) is 15.0. The van der Waals surface area contributed by atoms with Gasteiger partial charge in [0.25, 0.3) is 0 Å². The lowest BCUT2D eigenvalue weighted by Crippen LogP contribution is -2.15. The van der Waals surface area contributed by atoms with Crippen LogP contribution in [-0.4, -0.2) is 25.0 Å². The van der Waals surface area contributed by atoms with Crippen LogP contribution in [0.5, 0.6) is 11.5 Å². The van der Waals surface area contributed by atoms with Gasteiger partial charge in [0.15, 0.2) is 11.6 Å².